The topological polar surface area (TPSA) is 28.4 Å². The van der Waals surface area contributed by atoms with Crippen LogP contribution in [0.2, 0.25) is 0 Å². The predicted octanol–water partition coefficient (Wildman–Crippen LogP) is 3.12. The van der Waals surface area contributed by atoms with Gasteiger partial charge in [-0.25, -0.2) is 0 Å². The first-order valence-corrected chi connectivity index (χ1v) is 6.25. The molecular formula is C13H24Cl2N2O. The van der Waals surface area contributed by atoms with Gasteiger partial charge in [0.05, 0.1) is 12.3 Å². The van der Waals surface area contributed by atoms with Gasteiger partial charge in [-0.05, 0) is 24.5 Å². The van der Waals surface area contributed by atoms with E-state index in [1.807, 2.05) is 6.07 Å². The summed E-state index contributed by atoms with van der Waals surface area (Å²) in [6.45, 7) is 8.98. The molecule has 0 amide bonds. The van der Waals surface area contributed by atoms with Crippen molar-refractivity contribution in [3.05, 3.63) is 24.2 Å². The number of piperazine rings is 1. The normalized spacial score (nSPS) is 17.9. The maximum atomic E-state index is 5.59. The molecule has 1 aromatic rings. The zero-order valence-corrected chi connectivity index (χ0v) is 12.7. The van der Waals surface area contributed by atoms with Crippen molar-refractivity contribution >= 4 is 24.8 Å². The molecule has 0 aliphatic carbocycles. The van der Waals surface area contributed by atoms with Gasteiger partial charge in [0, 0.05) is 26.2 Å². The fraction of sp³-hybridized carbons (Fsp3) is 0.692. The highest BCUT2D eigenvalue weighted by atomic mass is 35.5. The van der Waals surface area contributed by atoms with Crippen LogP contribution in [0.1, 0.15) is 32.1 Å². The van der Waals surface area contributed by atoms with Gasteiger partial charge in [0.15, 0.2) is 0 Å². The third kappa shape index (κ3) is 4.81. The minimum absolute atomic E-state index is 0. The Kier molecular flexibility index (Phi) is 8.70. The molecule has 1 saturated heterocycles. The summed E-state index contributed by atoms with van der Waals surface area (Å²) in [5.74, 6) is 1.82. The van der Waals surface area contributed by atoms with Gasteiger partial charge in [0.25, 0.3) is 0 Å². The molecule has 2 rings (SSSR count). The molecule has 106 valence electrons. The molecule has 5 heteroatoms. The zero-order chi connectivity index (χ0) is 11.4. The maximum Gasteiger partial charge on any atom is 0.120 e. The van der Waals surface area contributed by atoms with Crippen LogP contribution in [0.15, 0.2) is 22.8 Å². The lowest BCUT2D eigenvalue weighted by Crippen LogP contribution is -2.45. The van der Waals surface area contributed by atoms with Crippen LogP contribution in [-0.2, 0) is 0 Å². The average Bonchev–Trinajstić information content (AvgIpc) is 2.80. The van der Waals surface area contributed by atoms with Crippen molar-refractivity contribution < 1.29 is 4.42 Å². The molecule has 0 radical (unpaired) electrons. The molecule has 0 bridgehead atoms. The van der Waals surface area contributed by atoms with E-state index in [2.05, 4.69) is 30.1 Å². The molecule has 2 heterocycles. The number of hydrogen-bond acceptors (Lipinski definition) is 3. The summed E-state index contributed by atoms with van der Waals surface area (Å²) in [7, 11) is 0. The summed E-state index contributed by atoms with van der Waals surface area (Å²) in [6, 6.07) is 4.55. The number of nitrogens with zero attached hydrogens (tertiary/aromatic N) is 1. The molecule has 0 spiro atoms. The van der Waals surface area contributed by atoms with E-state index in [4.69, 9.17) is 4.42 Å². The lowest BCUT2D eigenvalue weighted by Gasteiger charge is -2.34. The quantitative estimate of drug-likeness (QED) is 0.925. The van der Waals surface area contributed by atoms with Gasteiger partial charge in [-0.15, -0.1) is 24.8 Å². The van der Waals surface area contributed by atoms with Crippen LogP contribution in [-0.4, -0.2) is 31.1 Å². The van der Waals surface area contributed by atoms with E-state index in [0.717, 1.165) is 31.9 Å². The third-order valence-electron chi connectivity index (χ3n) is 3.16. The molecule has 0 unspecified atom stereocenters. The molecule has 1 aromatic heterocycles. The fourth-order valence-corrected chi connectivity index (χ4v) is 2.37. The van der Waals surface area contributed by atoms with E-state index in [1.54, 1.807) is 6.26 Å². The first-order chi connectivity index (χ1) is 7.77. The van der Waals surface area contributed by atoms with Gasteiger partial charge in [-0.1, -0.05) is 13.8 Å². The van der Waals surface area contributed by atoms with Gasteiger partial charge in [0.1, 0.15) is 5.76 Å². The van der Waals surface area contributed by atoms with E-state index in [1.165, 1.54) is 6.42 Å². The smallest absolute Gasteiger partial charge is 0.120 e. The molecule has 1 aliphatic heterocycles. The van der Waals surface area contributed by atoms with Gasteiger partial charge in [-0.3, -0.25) is 4.90 Å². The summed E-state index contributed by atoms with van der Waals surface area (Å²) < 4.78 is 5.59. The van der Waals surface area contributed by atoms with Crippen LogP contribution in [0.4, 0.5) is 0 Å². The summed E-state index contributed by atoms with van der Waals surface area (Å²) in [5.41, 5.74) is 0. The summed E-state index contributed by atoms with van der Waals surface area (Å²) in [4.78, 5) is 2.54. The molecule has 18 heavy (non-hydrogen) atoms. The maximum absolute atomic E-state index is 5.59. The first-order valence-electron chi connectivity index (χ1n) is 6.25. The molecule has 1 atom stereocenters. The van der Waals surface area contributed by atoms with Crippen molar-refractivity contribution in [2.75, 3.05) is 26.2 Å². The Bertz CT molecular complexity index is 298. The van der Waals surface area contributed by atoms with Crippen LogP contribution < -0.4 is 5.32 Å². The highest BCUT2D eigenvalue weighted by molar-refractivity contribution is 5.85. The molecule has 1 N–H and O–H groups in total. The molecule has 0 aromatic carbocycles. The van der Waals surface area contributed by atoms with Crippen molar-refractivity contribution in [3.63, 3.8) is 0 Å². The minimum Gasteiger partial charge on any atom is -0.468 e. The van der Waals surface area contributed by atoms with Crippen LogP contribution >= 0.6 is 24.8 Å². The van der Waals surface area contributed by atoms with Crippen LogP contribution in [0.5, 0.6) is 0 Å². The molecular weight excluding hydrogens is 271 g/mol. The standard InChI is InChI=1S/C13H22N2O.2ClH/c1-11(2)10-12(13-4-3-9-16-13)15-7-5-14-6-8-15;;/h3-4,9,11-12,14H,5-8,10H2,1-2H3;2*1H/t12-;;/m1../s1. The largest absolute Gasteiger partial charge is 0.468 e. The highest BCUT2D eigenvalue weighted by Gasteiger charge is 2.24. The molecule has 3 nitrogen and oxygen atoms in total. The fourth-order valence-electron chi connectivity index (χ4n) is 2.37. The van der Waals surface area contributed by atoms with Gasteiger partial charge < -0.3 is 9.73 Å². The lowest BCUT2D eigenvalue weighted by atomic mass is 10.00. The summed E-state index contributed by atoms with van der Waals surface area (Å²) in [5, 5.41) is 3.40. The van der Waals surface area contributed by atoms with Crippen molar-refractivity contribution in [3.8, 4) is 0 Å². The van der Waals surface area contributed by atoms with Gasteiger partial charge in [-0.2, -0.15) is 0 Å². The molecule has 1 aliphatic rings. The van der Waals surface area contributed by atoms with Crippen molar-refractivity contribution in [2.24, 2.45) is 5.92 Å². The third-order valence-corrected chi connectivity index (χ3v) is 3.16. The summed E-state index contributed by atoms with van der Waals surface area (Å²) in [6.07, 6.45) is 2.96. The number of nitrogens with one attached hydrogen (secondary N) is 1. The number of rotatable bonds is 4. The minimum atomic E-state index is 0. The Morgan fingerprint density at radius 3 is 2.44 bits per heavy atom. The van der Waals surface area contributed by atoms with E-state index < -0.39 is 0 Å². The van der Waals surface area contributed by atoms with Crippen LogP contribution in [0, 0.1) is 5.92 Å². The van der Waals surface area contributed by atoms with E-state index in [0.29, 0.717) is 12.0 Å². The lowest BCUT2D eigenvalue weighted by molar-refractivity contribution is 0.136. The van der Waals surface area contributed by atoms with E-state index in [-0.39, 0.29) is 24.8 Å². The number of hydrogen-bond donors (Lipinski definition) is 1. The Balaban J connectivity index is 0.00000144. The highest BCUT2D eigenvalue weighted by Crippen LogP contribution is 2.28. The van der Waals surface area contributed by atoms with Crippen molar-refractivity contribution in [1.29, 1.82) is 0 Å². The second-order valence-electron chi connectivity index (χ2n) is 4.95. The Hall–Kier alpha value is -0.220. The average molecular weight is 295 g/mol. The van der Waals surface area contributed by atoms with Crippen molar-refractivity contribution in [1.82, 2.24) is 10.2 Å². The zero-order valence-electron chi connectivity index (χ0n) is 11.1. The second-order valence-corrected chi connectivity index (χ2v) is 4.95. The van der Waals surface area contributed by atoms with Crippen LogP contribution in [0.25, 0.3) is 0 Å². The first kappa shape index (κ1) is 17.8. The Morgan fingerprint density at radius 2 is 1.94 bits per heavy atom. The van der Waals surface area contributed by atoms with Crippen LogP contribution in [0.3, 0.4) is 0 Å². The Labute approximate surface area is 122 Å². The van der Waals surface area contributed by atoms with Gasteiger partial charge >= 0.3 is 0 Å². The van der Waals surface area contributed by atoms with Crippen molar-refractivity contribution in [2.45, 2.75) is 26.3 Å². The van der Waals surface area contributed by atoms with E-state index >= 15 is 0 Å². The Morgan fingerprint density at radius 1 is 1.28 bits per heavy atom. The predicted molar refractivity (Wildman–Crippen MR) is 79.8 cm³/mol. The summed E-state index contributed by atoms with van der Waals surface area (Å²) >= 11 is 0. The second kappa shape index (κ2) is 8.81. The molecule has 0 saturated carbocycles. The number of halogens is 2. The van der Waals surface area contributed by atoms with E-state index in [9.17, 15) is 0 Å². The number of furan rings is 1. The molecule has 1 fully saturated rings. The SMILES string of the molecule is CC(C)C[C@H](c1ccco1)N1CCNCC1.Cl.Cl. The van der Waals surface area contributed by atoms with Gasteiger partial charge in [0.2, 0.25) is 0 Å². The monoisotopic (exact) mass is 294 g/mol.